The number of carbonyl (C=O) groups excluding carboxylic acids is 1. The largest absolute Gasteiger partial charge is 0.496 e. The van der Waals surface area contributed by atoms with Crippen molar-refractivity contribution in [3.63, 3.8) is 0 Å². The van der Waals surface area contributed by atoms with Gasteiger partial charge in [-0.05, 0) is 31.7 Å². The summed E-state index contributed by atoms with van der Waals surface area (Å²) in [6.45, 7) is 0. The van der Waals surface area contributed by atoms with Crippen molar-refractivity contribution in [1.29, 1.82) is 0 Å². The number of benzene rings is 1. The fourth-order valence-electron chi connectivity index (χ4n) is 2.73. The minimum atomic E-state index is -0.810. The van der Waals surface area contributed by atoms with Gasteiger partial charge in [-0.15, -0.1) is 0 Å². The fraction of sp³-hybridized carbons (Fsp3) is 0.467. The molecule has 0 saturated heterocycles. The van der Waals surface area contributed by atoms with Gasteiger partial charge in [-0.25, -0.2) is 0 Å². The van der Waals surface area contributed by atoms with Gasteiger partial charge in [-0.2, -0.15) is 0 Å². The van der Waals surface area contributed by atoms with Gasteiger partial charge in [0.25, 0.3) is 11.6 Å². The van der Waals surface area contributed by atoms with Gasteiger partial charge in [0.05, 0.1) is 23.5 Å². The van der Waals surface area contributed by atoms with Gasteiger partial charge in [-0.1, -0.05) is 0 Å². The Balaban J connectivity index is 2.07. The van der Waals surface area contributed by atoms with Crippen molar-refractivity contribution in [2.45, 2.75) is 31.7 Å². The Bertz CT molecular complexity index is 622. The number of ether oxygens (including phenoxy) is 1. The third kappa shape index (κ3) is 3.97. The maximum Gasteiger partial charge on any atom is 0.306 e. The van der Waals surface area contributed by atoms with Gasteiger partial charge in [-0.3, -0.25) is 19.7 Å². The van der Waals surface area contributed by atoms with Gasteiger partial charge in [0.1, 0.15) is 5.75 Å². The van der Waals surface area contributed by atoms with Crippen LogP contribution in [0.15, 0.2) is 18.2 Å². The first-order valence-electron chi connectivity index (χ1n) is 7.28. The number of hydrogen-bond donors (Lipinski definition) is 2. The number of nitro groups is 1. The van der Waals surface area contributed by atoms with Crippen molar-refractivity contribution in [1.82, 2.24) is 5.32 Å². The lowest BCUT2D eigenvalue weighted by molar-refractivity contribution is -0.384. The zero-order chi connectivity index (χ0) is 17.0. The highest BCUT2D eigenvalue weighted by Gasteiger charge is 2.27. The van der Waals surface area contributed by atoms with Gasteiger partial charge in [0.15, 0.2) is 0 Å². The minimum Gasteiger partial charge on any atom is -0.496 e. The van der Waals surface area contributed by atoms with E-state index in [2.05, 4.69) is 5.32 Å². The molecule has 124 valence electrons. The van der Waals surface area contributed by atoms with Crippen molar-refractivity contribution in [2.24, 2.45) is 5.92 Å². The number of nitro benzene ring substituents is 1. The third-order valence-corrected chi connectivity index (χ3v) is 4.05. The SMILES string of the molecule is COc1ccc([N+](=O)[O-])cc1C(=O)NC1CCC(C(=O)O)CC1. The van der Waals surface area contributed by atoms with Gasteiger partial charge >= 0.3 is 5.97 Å². The monoisotopic (exact) mass is 322 g/mol. The normalized spacial score (nSPS) is 20.6. The van der Waals surface area contributed by atoms with Crippen LogP contribution in [0, 0.1) is 16.0 Å². The van der Waals surface area contributed by atoms with Crippen molar-refractivity contribution < 1.29 is 24.4 Å². The molecular formula is C15H18N2O6. The summed E-state index contributed by atoms with van der Waals surface area (Å²) in [5, 5.41) is 22.6. The van der Waals surface area contributed by atoms with E-state index in [0.717, 1.165) is 0 Å². The molecule has 0 unspecified atom stereocenters. The second-order valence-electron chi connectivity index (χ2n) is 5.50. The first kappa shape index (κ1) is 16.7. The van der Waals surface area contributed by atoms with Crippen molar-refractivity contribution >= 4 is 17.6 Å². The molecule has 1 aliphatic carbocycles. The van der Waals surface area contributed by atoms with E-state index in [4.69, 9.17) is 9.84 Å². The molecule has 0 aromatic heterocycles. The van der Waals surface area contributed by atoms with Gasteiger partial charge in [0.2, 0.25) is 0 Å². The summed E-state index contributed by atoms with van der Waals surface area (Å²) >= 11 is 0. The molecule has 1 amide bonds. The number of amides is 1. The van der Waals surface area contributed by atoms with Crippen LogP contribution < -0.4 is 10.1 Å². The summed E-state index contributed by atoms with van der Waals surface area (Å²) in [5.41, 5.74) is -0.0902. The Morgan fingerprint density at radius 2 is 1.96 bits per heavy atom. The van der Waals surface area contributed by atoms with Gasteiger partial charge < -0.3 is 15.2 Å². The Morgan fingerprint density at radius 1 is 1.30 bits per heavy atom. The quantitative estimate of drug-likeness (QED) is 0.632. The molecule has 0 bridgehead atoms. The Hall–Kier alpha value is -2.64. The number of carboxylic acid groups (broad SMARTS) is 1. The van der Waals surface area contributed by atoms with Crippen molar-refractivity contribution in [3.05, 3.63) is 33.9 Å². The molecular weight excluding hydrogens is 304 g/mol. The maximum absolute atomic E-state index is 12.4. The van der Waals surface area contributed by atoms with E-state index in [1.165, 1.54) is 25.3 Å². The molecule has 2 rings (SSSR count). The number of aliphatic carboxylic acids is 1. The van der Waals surface area contributed by atoms with E-state index in [9.17, 15) is 19.7 Å². The lowest BCUT2D eigenvalue weighted by atomic mass is 9.86. The predicted molar refractivity (Wildman–Crippen MR) is 80.5 cm³/mol. The van der Waals surface area contributed by atoms with Crippen molar-refractivity contribution in [2.75, 3.05) is 7.11 Å². The number of carbonyl (C=O) groups is 2. The van der Waals surface area contributed by atoms with E-state index in [-0.39, 0.29) is 29.0 Å². The summed E-state index contributed by atoms with van der Waals surface area (Å²) in [6.07, 6.45) is 2.15. The highest BCUT2D eigenvalue weighted by Crippen LogP contribution is 2.27. The number of hydrogen-bond acceptors (Lipinski definition) is 5. The van der Waals surface area contributed by atoms with E-state index in [1.807, 2.05) is 0 Å². The number of nitrogens with one attached hydrogen (secondary N) is 1. The molecule has 23 heavy (non-hydrogen) atoms. The van der Waals surface area contributed by atoms with E-state index >= 15 is 0 Å². The molecule has 8 heteroatoms. The molecule has 1 saturated carbocycles. The minimum absolute atomic E-state index is 0.0991. The van der Waals surface area contributed by atoms with Crippen LogP contribution >= 0.6 is 0 Å². The Morgan fingerprint density at radius 3 is 2.48 bits per heavy atom. The number of nitrogens with zero attached hydrogens (tertiary/aromatic N) is 1. The predicted octanol–water partition coefficient (Wildman–Crippen LogP) is 1.98. The summed E-state index contributed by atoms with van der Waals surface area (Å²) < 4.78 is 5.08. The first-order valence-corrected chi connectivity index (χ1v) is 7.28. The topological polar surface area (TPSA) is 119 Å². The maximum atomic E-state index is 12.4. The molecule has 8 nitrogen and oxygen atoms in total. The zero-order valence-corrected chi connectivity index (χ0v) is 12.7. The van der Waals surface area contributed by atoms with Crippen LogP contribution in [-0.2, 0) is 4.79 Å². The van der Waals surface area contributed by atoms with Crippen LogP contribution in [0.3, 0.4) is 0 Å². The summed E-state index contributed by atoms with van der Waals surface area (Å²) in [4.78, 5) is 33.5. The first-order chi connectivity index (χ1) is 10.9. The van der Waals surface area contributed by atoms with Crippen LogP contribution in [0.2, 0.25) is 0 Å². The van der Waals surface area contributed by atoms with Crippen LogP contribution in [0.4, 0.5) is 5.69 Å². The average Bonchev–Trinajstić information content (AvgIpc) is 2.54. The van der Waals surface area contributed by atoms with Crippen LogP contribution in [0.5, 0.6) is 5.75 Å². The Kier molecular flexibility index (Phi) is 5.15. The number of rotatable bonds is 5. The van der Waals surface area contributed by atoms with Crippen LogP contribution in [-0.4, -0.2) is 35.1 Å². The lowest BCUT2D eigenvalue weighted by Gasteiger charge is -2.27. The second kappa shape index (κ2) is 7.08. The van der Waals surface area contributed by atoms with Gasteiger partial charge in [0, 0.05) is 18.2 Å². The summed E-state index contributed by atoms with van der Waals surface area (Å²) in [6, 6.07) is 3.70. The smallest absolute Gasteiger partial charge is 0.306 e. The molecule has 0 atom stereocenters. The lowest BCUT2D eigenvalue weighted by Crippen LogP contribution is -2.38. The molecule has 1 aromatic carbocycles. The molecule has 0 aliphatic heterocycles. The molecule has 0 heterocycles. The fourth-order valence-corrected chi connectivity index (χ4v) is 2.73. The molecule has 2 N–H and O–H groups in total. The van der Waals surface area contributed by atoms with E-state index in [1.54, 1.807) is 0 Å². The van der Waals surface area contributed by atoms with Crippen molar-refractivity contribution in [3.8, 4) is 5.75 Å². The average molecular weight is 322 g/mol. The van der Waals surface area contributed by atoms with Crippen LogP contribution in [0.1, 0.15) is 36.0 Å². The Labute approximate surface area is 132 Å². The zero-order valence-electron chi connectivity index (χ0n) is 12.7. The molecule has 1 aromatic rings. The van der Waals surface area contributed by atoms with E-state index in [0.29, 0.717) is 25.7 Å². The highest BCUT2D eigenvalue weighted by molar-refractivity contribution is 5.97. The molecule has 1 fully saturated rings. The number of carboxylic acids is 1. The second-order valence-corrected chi connectivity index (χ2v) is 5.50. The molecule has 0 spiro atoms. The molecule has 1 aliphatic rings. The third-order valence-electron chi connectivity index (χ3n) is 4.05. The summed E-state index contributed by atoms with van der Waals surface area (Å²) in [5.74, 6) is -1.37. The standard InChI is InChI=1S/C15H18N2O6/c1-23-13-7-6-11(17(21)22)8-12(13)14(18)16-10-4-2-9(3-5-10)15(19)20/h6-10H,2-5H2,1H3,(H,16,18)(H,19,20). The number of methoxy groups -OCH3 is 1. The summed E-state index contributed by atoms with van der Waals surface area (Å²) in [7, 11) is 1.38. The van der Waals surface area contributed by atoms with E-state index < -0.39 is 16.8 Å². The van der Waals surface area contributed by atoms with Crippen LogP contribution in [0.25, 0.3) is 0 Å². The molecule has 0 radical (unpaired) electrons. The number of non-ortho nitro benzene ring substituents is 1. The highest BCUT2D eigenvalue weighted by atomic mass is 16.6.